The first-order valence-electron chi connectivity index (χ1n) is 11.7. The van der Waals surface area contributed by atoms with Crippen LogP contribution in [-0.4, -0.2) is 63.2 Å². The minimum Gasteiger partial charge on any atom is -0.494 e. The molecule has 1 aliphatic heterocycles. The topological polar surface area (TPSA) is 92.1 Å². The molecular weight excluding hydrogens is 500 g/mol. The molecule has 5 rings (SSSR count). The van der Waals surface area contributed by atoms with Gasteiger partial charge in [-0.05, 0) is 43.3 Å². The third kappa shape index (κ3) is 5.51. The Morgan fingerprint density at radius 1 is 1.11 bits per heavy atom. The van der Waals surface area contributed by atoms with Crippen LogP contribution in [-0.2, 0) is 6.54 Å². The number of halogens is 1. The van der Waals surface area contributed by atoms with Crippen LogP contribution in [0.1, 0.15) is 12.6 Å². The normalized spacial score (nSPS) is 14.2. The number of benzene rings is 2. The standard InChI is InChI=1S/C25H25ClN6O3S/c1-2-35-21-8-6-19(7-9-21)27-24(34)31-12-10-30(11-13-31)16-20-15-22(33)32-25(28-20)36-23(29-32)17-4-3-5-18(26)14-17/h3-9,14-15H,2,10-13,16H2,1H3,(H,27,34). The van der Waals surface area contributed by atoms with E-state index >= 15 is 0 Å². The van der Waals surface area contributed by atoms with Crippen LogP contribution in [0.2, 0.25) is 5.02 Å². The van der Waals surface area contributed by atoms with Gasteiger partial charge < -0.3 is 15.0 Å². The first kappa shape index (κ1) is 24.2. The van der Waals surface area contributed by atoms with Gasteiger partial charge in [-0.25, -0.2) is 9.78 Å². The number of amides is 2. The van der Waals surface area contributed by atoms with Crippen molar-refractivity contribution in [2.75, 3.05) is 38.1 Å². The fourth-order valence-electron chi connectivity index (χ4n) is 4.02. The molecule has 0 radical (unpaired) electrons. The summed E-state index contributed by atoms with van der Waals surface area (Å²) in [4.78, 5) is 34.5. The van der Waals surface area contributed by atoms with E-state index in [4.69, 9.17) is 16.3 Å². The van der Waals surface area contributed by atoms with Gasteiger partial charge in [-0.1, -0.05) is 35.1 Å². The molecule has 0 bridgehead atoms. The zero-order valence-corrected chi connectivity index (χ0v) is 21.3. The van der Waals surface area contributed by atoms with Gasteiger partial charge in [-0.15, -0.1) is 0 Å². The Hall–Kier alpha value is -3.47. The summed E-state index contributed by atoms with van der Waals surface area (Å²) in [5, 5.41) is 8.65. The molecule has 1 N–H and O–H groups in total. The Kier molecular flexibility index (Phi) is 7.17. The number of piperazine rings is 1. The molecule has 0 spiro atoms. The molecule has 36 heavy (non-hydrogen) atoms. The van der Waals surface area contributed by atoms with Crippen molar-refractivity contribution >= 4 is 39.6 Å². The minimum absolute atomic E-state index is 0.130. The van der Waals surface area contributed by atoms with Crippen molar-refractivity contribution in [3.05, 3.63) is 75.7 Å². The Morgan fingerprint density at radius 3 is 2.61 bits per heavy atom. The van der Waals surface area contributed by atoms with Gasteiger partial charge in [0, 0.05) is 55.1 Å². The van der Waals surface area contributed by atoms with E-state index in [1.165, 1.54) is 21.9 Å². The number of nitrogens with one attached hydrogen (secondary N) is 1. The molecule has 1 aliphatic rings. The van der Waals surface area contributed by atoms with Crippen LogP contribution in [0, 0.1) is 0 Å². The number of fused-ring (bicyclic) bond motifs is 1. The molecule has 2 amide bonds. The number of carbonyl (C=O) groups excluding carboxylic acids is 1. The van der Waals surface area contributed by atoms with Gasteiger partial charge in [0.25, 0.3) is 5.56 Å². The maximum atomic E-state index is 12.7. The Balaban J connectivity index is 1.19. The van der Waals surface area contributed by atoms with Crippen molar-refractivity contribution in [1.82, 2.24) is 24.4 Å². The fraction of sp³-hybridized carbons (Fsp3) is 0.280. The monoisotopic (exact) mass is 524 g/mol. The molecule has 186 valence electrons. The number of nitrogens with zero attached hydrogens (tertiary/aromatic N) is 5. The van der Waals surface area contributed by atoms with Crippen LogP contribution in [0.4, 0.5) is 10.5 Å². The molecule has 1 saturated heterocycles. The number of anilines is 1. The second-order valence-electron chi connectivity index (χ2n) is 8.35. The van der Waals surface area contributed by atoms with Gasteiger partial charge in [0.2, 0.25) is 4.96 Å². The van der Waals surface area contributed by atoms with E-state index in [0.717, 1.165) is 17.0 Å². The highest BCUT2D eigenvalue weighted by atomic mass is 35.5. The summed E-state index contributed by atoms with van der Waals surface area (Å²) in [7, 11) is 0. The summed E-state index contributed by atoms with van der Waals surface area (Å²) < 4.78 is 6.76. The quantitative estimate of drug-likeness (QED) is 0.406. The molecule has 2 aromatic carbocycles. The summed E-state index contributed by atoms with van der Waals surface area (Å²) in [5.74, 6) is 0.773. The van der Waals surface area contributed by atoms with Crippen molar-refractivity contribution in [2.24, 2.45) is 0 Å². The van der Waals surface area contributed by atoms with Crippen molar-refractivity contribution < 1.29 is 9.53 Å². The van der Waals surface area contributed by atoms with E-state index < -0.39 is 0 Å². The van der Waals surface area contributed by atoms with E-state index in [-0.39, 0.29) is 11.6 Å². The van der Waals surface area contributed by atoms with Crippen LogP contribution in [0.15, 0.2) is 59.4 Å². The van der Waals surface area contributed by atoms with Crippen LogP contribution in [0.3, 0.4) is 0 Å². The lowest BCUT2D eigenvalue weighted by molar-refractivity contribution is 0.142. The number of ether oxygens (including phenoxy) is 1. The molecule has 11 heteroatoms. The summed E-state index contributed by atoms with van der Waals surface area (Å²) >= 11 is 7.45. The van der Waals surface area contributed by atoms with Gasteiger partial charge >= 0.3 is 6.03 Å². The second-order valence-corrected chi connectivity index (χ2v) is 9.74. The zero-order chi connectivity index (χ0) is 25.1. The van der Waals surface area contributed by atoms with Crippen molar-refractivity contribution in [1.29, 1.82) is 0 Å². The molecule has 1 fully saturated rings. The summed E-state index contributed by atoms with van der Waals surface area (Å²) in [6.07, 6.45) is 0. The highest BCUT2D eigenvalue weighted by molar-refractivity contribution is 7.19. The third-order valence-corrected chi connectivity index (χ3v) is 7.02. The van der Waals surface area contributed by atoms with Crippen molar-refractivity contribution in [2.45, 2.75) is 13.5 Å². The molecule has 0 saturated carbocycles. The predicted octanol–water partition coefficient (Wildman–Crippen LogP) is 4.22. The molecule has 4 aromatic rings. The van der Waals surface area contributed by atoms with Crippen LogP contribution >= 0.6 is 22.9 Å². The number of hydrogen-bond acceptors (Lipinski definition) is 7. The maximum Gasteiger partial charge on any atom is 0.321 e. The first-order valence-corrected chi connectivity index (χ1v) is 12.8. The molecule has 9 nitrogen and oxygen atoms in total. The molecule has 3 heterocycles. The number of hydrogen-bond donors (Lipinski definition) is 1. The maximum absolute atomic E-state index is 12.7. The third-order valence-electron chi connectivity index (χ3n) is 5.83. The average molecular weight is 525 g/mol. The zero-order valence-electron chi connectivity index (χ0n) is 19.7. The molecular formula is C25H25ClN6O3S. The summed E-state index contributed by atoms with van der Waals surface area (Å²) in [6.45, 7) is 5.61. The number of aromatic nitrogens is 3. The SMILES string of the molecule is CCOc1ccc(NC(=O)N2CCN(Cc3cc(=O)n4nc(-c5cccc(Cl)c5)sc4n3)CC2)cc1. The van der Waals surface area contributed by atoms with Gasteiger partial charge in [-0.3, -0.25) is 9.69 Å². The lowest BCUT2D eigenvalue weighted by Gasteiger charge is -2.34. The van der Waals surface area contributed by atoms with E-state index in [1.807, 2.05) is 49.4 Å². The molecule has 0 unspecified atom stereocenters. The van der Waals surface area contributed by atoms with Crippen LogP contribution in [0.25, 0.3) is 15.5 Å². The Labute approximate surface area is 216 Å². The summed E-state index contributed by atoms with van der Waals surface area (Å²) in [5.41, 5.74) is 2.05. The van der Waals surface area contributed by atoms with Gasteiger partial charge in [0.05, 0.1) is 12.3 Å². The first-order chi connectivity index (χ1) is 17.5. The largest absolute Gasteiger partial charge is 0.494 e. The van der Waals surface area contributed by atoms with E-state index in [0.29, 0.717) is 60.0 Å². The van der Waals surface area contributed by atoms with E-state index in [2.05, 4.69) is 20.3 Å². The average Bonchev–Trinajstić information content (AvgIpc) is 3.31. The number of urea groups is 1. The lowest BCUT2D eigenvalue weighted by Crippen LogP contribution is -2.49. The highest BCUT2D eigenvalue weighted by Gasteiger charge is 2.22. The smallest absolute Gasteiger partial charge is 0.321 e. The summed E-state index contributed by atoms with van der Waals surface area (Å²) in [6, 6.07) is 16.1. The number of rotatable bonds is 6. The van der Waals surface area contributed by atoms with E-state index in [9.17, 15) is 9.59 Å². The van der Waals surface area contributed by atoms with Crippen LogP contribution in [0.5, 0.6) is 5.75 Å². The highest BCUT2D eigenvalue weighted by Crippen LogP contribution is 2.26. The lowest BCUT2D eigenvalue weighted by atomic mass is 10.2. The van der Waals surface area contributed by atoms with Crippen molar-refractivity contribution in [3.8, 4) is 16.3 Å². The fourth-order valence-corrected chi connectivity index (χ4v) is 5.13. The Morgan fingerprint density at radius 2 is 1.89 bits per heavy atom. The van der Waals surface area contributed by atoms with Gasteiger partial charge in [0.15, 0.2) is 0 Å². The second kappa shape index (κ2) is 10.7. The minimum atomic E-state index is -0.215. The van der Waals surface area contributed by atoms with E-state index in [1.54, 1.807) is 11.0 Å². The number of carbonyl (C=O) groups is 1. The van der Waals surface area contributed by atoms with Gasteiger partial charge in [0.1, 0.15) is 10.8 Å². The van der Waals surface area contributed by atoms with Crippen LogP contribution < -0.4 is 15.6 Å². The Bertz CT molecular complexity index is 1430. The predicted molar refractivity (Wildman–Crippen MR) is 141 cm³/mol. The van der Waals surface area contributed by atoms with Crippen molar-refractivity contribution in [3.63, 3.8) is 0 Å². The molecule has 0 atom stereocenters. The molecule has 2 aromatic heterocycles. The van der Waals surface area contributed by atoms with Gasteiger partial charge in [-0.2, -0.15) is 9.61 Å². The molecule has 0 aliphatic carbocycles.